The first kappa shape index (κ1) is 14.9. The average Bonchev–Trinajstić information content (AvgIpc) is 2.23. The molecule has 0 radical (unpaired) electrons. The molecule has 17 heavy (non-hydrogen) atoms. The normalized spacial score (nSPS) is 30.2. The number of aliphatic hydroxyl groups excluding tert-OH is 2. The van der Waals surface area contributed by atoms with Crippen molar-refractivity contribution >= 4 is 0 Å². The number of rotatable bonds is 4. The molecule has 4 nitrogen and oxygen atoms in total. The second-order valence-electron chi connectivity index (χ2n) is 6.40. The van der Waals surface area contributed by atoms with E-state index in [2.05, 4.69) is 13.8 Å². The van der Waals surface area contributed by atoms with Crippen LogP contribution in [0.15, 0.2) is 0 Å². The largest absolute Gasteiger partial charge is 0.396 e. The Balaban J connectivity index is 2.75. The predicted molar refractivity (Wildman–Crippen MR) is 67.4 cm³/mol. The monoisotopic (exact) mass is 245 g/mol. The van der Waals surface area contributed by atoms with E-state index in [-0.39, 0.29) is 24.2 Å². The van der Waals surface area contributed by atoms with E-state index in [0.29, 0.717) is 6.61 Å². The lowest BCUT2D eigenvalue weighted by Crippen LogP contribution is -2.64. The minimum Gasteiger partial charge on any atom is -0.396 e. The Labute approximate surface area is 105 Å². The van der Waals surface area contributed by atoms with Crippen LogP contribution in [0.1, 0.15) is 47.5 Å². The van der Waals surface area contributed by atoms with Gasteiger partial charge in [0.15, 0.2) is 0 Å². The van der Waals surface area contributed by atoms with Gasteiger partial charge in [-0.25, -0.2) is 0 Å². The van der Waals surface area contributed by atoms with Crippen LogP contribution in [0.4, 0.5) is 0 Å². The molecule has 102 valence electrons. The van der Waals surface area contributed by atoms with Crippen LogP contribution in [-0.4, -0.2) is 45.7 Å². The Morgan fingerprint density at radius 1 is 1.35 bits per heavy atom. The summed E-state index contributed by atoms with van der Waals surface area (Å²) in [5.74, 6) is 0.112. The zero-order valence-corrected chi connectivity index (χ0v) is 11.7. The van der Waals surface area contributed by atoms with E-state index in [1.54, 1.807) is 0 Å². The standard InChI is InChI=1S/C13H27NO3/c1-10(8-15)9-17-14-12(2,3)7-6-11(16)13(14,4)5/h10-11,15-16H,6-9H2,1-5H3. The summed E-state index contributed by atoms with van der Waals surface area (Å²) in [7, 11) is 0. The van der Waals surface area contributed by atoms with Crippen LogP contribution in [0, 0.1) is 5.92 Å². The smallest absolute Gasteiger partial charge is 0.0742 e. The zero-order chi connectivity index (χ0) is 13.3. The lowest BCUT2D eigenvalue weighted by Gasteiger charge is -2.53. The number of aliphatic hydroxyl groups is 2. The minimum absolute atomic E-state index is 0.0854. The van der Waals surface area contributed by atoms with Crippen molar-refractivity contribution < 1.29 is 15.1 Å². The van der Waals surface area contributed by atoms with E-state index < -0.39 is 5.54 Å². The average molecular weight is 245 g/mol. The van der Waals surface area contributed by atoms with Crippen LogP contribution in [-0.2, 0) is 4.84 Å². The number of hydrogen-bond donors (Lipinski definition) is 2. The van der Waals surface area contributed by atoms with Crippen LogP contribution in [0.3, 0.4) is 0 Å². The van der Waals surface area contributed by atoms with Crippen molar-refractivity contribution in [2.24, 2.45) is 5.92 Å². The maximum atomic E-state index is 10.1. The van der Waals surface area contributed by atoms with Crippen molar-refractivity contribution in [1.82, 2.24) is 5.06 Å². The van der Waals surface area contributed by atoms with Gasteiger partial charge in [-0.15, -0.1) is 0 Å². The molecule has 1 aliphatic heterocycles. The summed E-state index contributed by atoms with van der Waals surface area (Å²) in [6.07, 6.45) is 1.33. The van der Waals surface area contributed by atoms with Crippen LogP contribution in [0.2, 0.25) is 0 Å². The highest BCUT2D eigenvalue weighted by Crippen LogP contribution is 2.38. The molecule has 0 aromatic rings. The molecule has 2 atom stereocenters. The fourth-order valence-corrected chi connectivity index (χ4v) is 2.46. The molecule has 0 aromatic heterocycles. The molecule has 2 unspecified atom stereocenters. The van der Waals surface area contributed by atoms with Gasteiger partial charge in [0.2, 0.25) is 0 Å². The van der Waals surface area contributed by atoms with Crippen LogP contribution in [0.5, 0.6) is 0 Å². The summed E-state index contributed by atoms with van der Waals surface area (Å²) in [4.78, 5) is 5.85. The highest BCUT2D eigenvalue weighted by atomic mass is 16.7. The van der Waals surface area contributed by atoms with Gasteiger partial charge in [0, 0.05) is 18.1 Å². The third-order valence-corrected chi connectivity index (χ3v) is 3.72. The molecule has 1 saturated heterocycles. The zero-order valence-electron chi connectivity index (χ0n) is 11.7. The fourth-order valence-electron chi connectivity index (χ4n) is 2.46. The van der Waals surface area contributed by atoms with Crippen molar-refractivity contribution in [2.75, 3.05) is 13.2 Å². The van der Waals surface area contributed by atoms with Crippen molar-refractivity contribution in [3.8, 4) is 0 Å². The lowest BCUT2D eigenvalue weighted by atomic mass is 9.80. The first-order chi connectivity index (χ1) is 7.71. The van der Waals surface area contributed by atoms with E-state index in [0.717, 1.165) is 12.8 Å². The van der Waals surface area contributed by atoms with E-state index in [1.165, 1.54) is 0 Å². The molecule has 0 spiro atoms. The van der Waals surface area contributed by atoms with Gasteiger partial charge in [-0.05, 0) is 40.5 Å². The SMILES string of the molecule is CC(CO)CON1C(C)(C)CCC(O)C1(C)C. The number of piperidine rings is 1. The van der Waals surface area contributed by atoms with Crippen molar-refractivity contribution in [3.05, 3.63) is 0 Å². The Morgan fingerprint density at radius 2 is 1.94 bits per heavy atom. The van der Waals surface area contributed by atoms with Gasteiger partial charge in [0.05, 0.1) is 18.2 Å². The molecule has 4 heteroatoms. The van der Waals surface area contributed by atoms with Gasteiger partial charge >= 0.3 is 0 Å². The fraction of sp³-hybridized carbons (Fsp3) is 1.00. The first-order valence-electron chi connectivity index (χ1n) is 6.44. The van der Waals surface area contributed by atoms with E-state index in [9.17, 15) is 5.11 Å². The number of hydroxylamine groups is 2. The highest BCUT2D eigenvalue weighted by Gasteiger charge is 2.47. The summed E-state index contributed by atoms with van der Waals surface area (Å²) in [5.41, 5.74) is -0.477. The molecule has 1 heterocycles. The molecule has 0 aromatic carbocycles. The van der Waals surface area contributed by atoms with Crippen molar-refractivity contribution in [1.29, 1.82) is 0 Å². The van der Waals surface area contributed by atoms with Gasteiger partial charge < -0.3 is 10.2 Å². The van der Waals surface area contributed by atoms with Gasteiger partial charge in [-0.3, -0.25) is 4.84 Å². The summed E-state index contributed by atoms with van der Waals surface area (Å²) in [5, 5.41) is 21.0. The second-order valence-corrected chi connectivity index (χ2v) is 6.40. The van der Waals surface area contributed by atoms with Crippen molar-refractivity contribution in [3.63, 3.8) is 0 Å². The third-order valence-electron chi connectivity index (χ3n) is 3.72. The summed E-state index contributed by atoms with van der Waals surface area (Å²) < 4.78 is 0. The Kier molecular flexibility index (Phi) is 4.58. The molecule has 0 bridgehead atoms. The van der Waals surface area contributed by atoms with Gasteiger partial charge in [0.25, 0.3) is 0 Å². The first-order valence-corrected chi connectivity index (χ1v) is 6.44. The highest BCUT2D eigenvalue weighted by molar-refractivity contribution is 4.98. The van der Waals surface area contributed by atoms with E-state index in [4.69, 9.17) is 9.94 Å². The van der Waals surface area contributed by atoms with Crippen molar-refractivity contribution in [2.45, 2.75) is 64.6 Å². The van der Waals surface area contributed by atoms with Gasteiger partial charge in [-0.1, -0.05) is 6.92 Å². The molecule has 0 aliphatic carbocycles. The molecule has 1 fully saturated rings. The van der Waals surface area contributed by atoms with Crippen LogP contribution < -0.4 is 0 Å². The third kappa shape index (κ3) is 3.19. The topological polar surface area (TPSA) is 52.9 Å². The summed E-state index contributed by atoms with van der Waals surface area (Å²) in [6, 6.07) is 0. The second kappa shape index (κ2) is 5.22. The Morgan fingerprint density at radius 3 is 2.47 bits per heavy atom. The Bertz CT molecular complexity index is 253. The van der Waals surface area contributed by atoms with Gasteiger partial charge in [-0.2, -0.15) is 5.06 Å². The van der Waals surface area contributed by atoms with E-state index in [1.807, 2.05) is 25.8 Å². The molecule has 0 amide bonds. The number of hydrogen-bond acceptors (Lipinski definition) is 4. The maximum absolute atomic E-state index is 10.1. The molecular formula is C13H27NO3. The molecular weight excluding hydrogens is 218 g/mol. The van der Waals surface area contributed by atoms with Crippen LogP contribution >= 0.6 is 0 Å². The lowest BCUT2D eigenvalue weighted by molar-refractivity contribution is -0.306. The minimum atomic E-state index is -0.392. The molecule has 0 saturated carbocycles. The summed E-state index contributed by atoms with van der Waals surface area (Å²) >= 11 is 0. The molecule has 1 rings (SSSR count). The predicted octanol–water partition coefficient (Wildman–Crippen LogP) is 1.56. The summed E-state index contributed by atoms with van der Waals surface area (Å²) in [6.45, 7) is 10.8. The molecule has 2 N–H and O–H groups in total. The van der Waals surface area contributed by atoms with E-state index >= 15 is 0 Å². The molecule has 1 aliphatic rings. The quantitative estimate of drug-likeness (QED) is 0.789. The number of nitrogens with zero attached hydrogens (tertiary/aromatic N) is 1. The Hall–Kier alpha value is -0.160. The van der Waals surface area contributed by atoms with Crippen LogP contribution in [0.25, 0.3) is 0 Å². The van der Waals surface area contributed by atoms with Gasteiger partial charge in [0.1, 0.15) is 0 Å². The maximum Gasteiger partial charge on any atom is 0.0742 e.